The Kier molecular flexibility index (Phi) is 5.10. The van der Waals surface area contributed by atoms with Crippen LogP contribution in [0.25, 0.3) is 0 Å². The molecule has 1 aliphatic rings. The van der Waals surface area contributed by atoms with E-state index >= 15 is 0 Å². The molecule has 0 saturated carbocycles. The van der Waals surface area contributed by atoms with Gasteiger partial charge < -0.3 is 10.1 Å². The van der Waals surface area contributed by atoms with Crippen LogP contribution in [0, 0.1) is 0 Å². The number of ether oxygens (including phenoxy) is 1. The Balaban J connectivity index is 1.88. The molecule has 1 amide bonds. The first kappa shape index (κ1) is 18.2. The van der Waals surface area contributed by atoms with E-state index in [0.717, 1.165) is 9.18 Å². The van der Waals surface area contributed by atoms with Gasteiger partial charge in [-0.05, 0) is 41.8 Å². The van der Waals surface area contributed by atoms with Crippen molar-refractivity contribution in [2.75, 3.05) is 14.2 Å². The first-order chi connectivity index (χ1) is 12.4. The van der Waals surface area contributed by atoms with Gasteiger partial charge in [-0.1, -0.05) is 6.07 Å². The molecule has 26 heavy (non-hydrogen) atoms. The molecule has 1 N–H and O–H groups in total. The quantitative estimate of drug-likeness (QED) is 0.844. The lowest BCUT2D eigenvalue weighted by Crippen LogP contribution is -2.38. The molecule has 0 fully saturated rings. The highest BCUT2D eigenvalue weighted by Crippen LogP contribution is 2.21. The van der Waals surface area contributed by atoms with Crippen molar-refractivity contribution in [1.82, 2.24) is 9.62 Å². The molecule has 1 aromatic heterocycles. The first-order valence-electron chi connectivity index (χ1n) is 7.66. The average Bonchev–Trinajstić information content (AvgIpc) is 3.15. The number of nitrogens with zero attached hydrogens (tertiary/aromatic N) is 2. The van der Waals surface area contributed by atoms with Gasteiger partial charge in [0.2, 0.25) is 0 Å². The predicted octanol–water partition coefficient (Wildman–Crippen LogP) is 1.94. The molecule has 136 valence electrons. The van der Waals surface area contributed by atoms with Gasteiger partial charge in [-0.3, -0.25) is 4.79 Å². The molecule has 0 aliphatic carbocycles. The van der Waals surface area contributed by atoms with Crippen LogP contribution in [0.1, 0.15) is 10.4 Å². The van der Waals surface area contributed by atoms with E-state index < -0.39 is 16.1 Å². The van der Waals surface area contributed by atoms with Crippen molar-refractivity contribution in [3.8, 4) is 5.75 Å². The number of carbonyl (C=O) groups is 1. The number of benzene rings is 1. The molecule has 2 aromatic rings. The minimum absolute atomic E-state index is 0.0161. The maximum atomic E-state index is 12.5. The highest BCUT2D eigenvalue weighted by atomic mass is 32.2. The Morgan fingerprint density at radius 2 is 2.00 bits per heavy atom. The van der Waals surface area contributed by atoms with Gasteiger partial charge in [-0.25, -0.2) is 4.31 Å². The van der Waals surface area contributed by atoms with Crippen LogP contribution in [0.2, 0.25) is 0 Å². The Morgan fingerprint density at radius 3 is 2.62 bits per heavy atom. The fraction of sp³-hybridized carbons (Fsp3) is 0.176. The van der Waals surface area contributed by atoms with Gasteiger partial charge in [-0.2, -0.15) is 8.42 Å². The third-order valence-corrected chi connectivity index (χ3v) is 5.99. The number of likely N-dealkylation sites (N-methyl/N-ethyl adjacent to an activating group) is 1. The van der Waals surface area contributed by atoms with E-state index in [1.807, 2.05) is 17.5 Å². The second kappa shape index (κ2) is 7.30. The van der Waals surface area contributed by atoms with Gasteiger partial charge in [0.05, 0.1) is 19.4 Å². The molecule has 0 saturated heterocycles. The Bertz CT molecular complexity index is 962. The number of hydrogen-bond donors (Lipinski definition) is 1. The van der Waals surface area contributed by atoms with E-state index in [1.54, 1.807) is 31.4 Å². The highest BCUT2D eigenvalue weighted by molar-refractivity contribution is 7.88. The van der Waals surface area contributed by atoms with Crippen molar-refractivity contribution in [3.63, 3.8) is 0 Å². The molecule has 9 heteroatoms. The number of amides is 1. The van der Waals surface area contributed by atoms with Crippen LogP contribution >= 0.6 is 11.3 Å². The van der Waals surface area contributed by atoms with Crippen LogP contribution in [-0.4, -0.2) is 38.5 Å². The van der Waals surface area contributed by atoms with E-state index in [1.165, 1.54) is 24.5 Å². The lowest BCUT2D eigenvalue weighted by Gasteiger charge is -2.23. The van der Waals surface area contributed by atoms with Crippen LogP contribution in [0.3, 0.4) is 0 Å². The SMILES string of the molecule is COc1ccc(C2=NS(=O)(=O)N(C)C(C(=O)NCc3cccs3)=C2)cc1. The van der Waals surface area contributed by atoms with Crippen molar-refractivity contribution in [1.29, 1.82) is 0 Å². The Morgan fingerprint density at radius 1 is 1.27 bits per heavy atom. The minimum atomic E-state index is -3.98. The third kappa shape index (κ3) is 3.78. The predicted molar refractivity (Wildman–Crippen MR) is 100 cm³/mol. The number of nitrogens with one attached hydrogen (secondary N) is 1. The molecular weight excluding hydrogens is 374 g/mol. The molecule has 0 atom stereocenters. The van der Waals surface area contributed by atoms with Gasteiger partial charge in [0.25, 0.3) is 5.91 Å². The minimum Gasteiger partial charge on any atom is -0.497 e. The lowest BCUT2D eigenvalue weighted by molar-refractivity contribution is -0.118. The summed E-state index contributed by atoms with van der Waals surface area (Å²) >= 11 is 1.51. The molecule has 0 radical (unpaired) electrons. The largest absolute Gasteiger partial charge is 0.497 e. The maximum Gasteiger partial charge on any atom is 0.345 e. The lowest BCUT2D eigenvalue weighted by atomic mass is 10.1. The van der Waals surface area contributed by atoms with Crippen molar-refractivity contribution < 1.29 is 17.9 Å². The fourth-order valence-electron chi connectivity index (χ4n) is 2.33. The summed E-state index contributed by atoms with van der Waals surface area (Å²) in [5, 5.41) is 4.64. The van der Waals surface area contributed by atoms with Crippen LogP contribution in [-0.2, 0) is 21.5 Å². The zero-order chi connectivity index (χ0) is 18.7. The number of thiophene rings is 1. The number of rotatable bonds is 5. The van der Waals surface area contributed by atoms with Crippen LogP contribution < -0.4 is 10.1 Å². The standard InChI is InChI=1S/C17H17N3O4S2/c1-20-16(17(21)18-11-14-4-3-9-25-14)10-15(19-26(20,22)23)12-5-7-13(24-2)8-6-12/h3-10H,11H2,1-2H3,(H,18,21). The summed E-state index contributed by atoms with van der Waals surface area (Å²) in [6.07, 6.45) is 1.46. The Hall–Kier alpha value is -2.65. The van der Waals surface area contributed by atoms with Gasteiger partial charge >= 0.3 is 10.2 Å². The third-order valence-electron chi connectivity index (χ3n) is 3.79. The summed E-state index contributed by atoms with van der Waals surface area (Å²) in [6, 6.07) is 10.6. The van der Waals surface area contributed by atoms with Gasteiger partial charge in [0.1, 0.15) is 11.4 Å². The molecule has 0 bridgehead atoms. The van der Waals surface area contributed by atoms with Crippen LogP contribution in [0.15, 0.2) is 57.9 Å². The summed E-state index contributed by atoms with van der Waals surface area (Å²) in [4.78, 5) is 13.5. The molecule has 7 nitrogen and oxygen atoms in total. The number of allylic oxidation sites excluding steroid dienone is 1. The van der Waals surface area contributed by atoms with E-state index in [2.05, 4.69) is 9.71 Å². The summed E-state index contributed by atoms with van der Waals surface area (Å²) in [7, 11) is -1.13. The first-order valence-corrected chi connectivity index (χ1v) is 9.94. The zero-order valence-corrected chi connectivity index (χ0v) is 15.8. The second-order valence-corrected chi connectivity index (χ2v) is 8.10. The molecular formula is C17H17N3O4S2. The zero-order valence-electron chi connectivity index (χ0n) is 14.2. The van der Waals surface area contributed by atoms with Crippen molar-refractivity contribution in [2.24, 2.45) is 4.40 Å². The van der Waals surface area contributed by atoms with Crippen molar-refractivity contribution in [2.45, 2.75) is 6.54 Å². The number of hydrogen-bond acceptors (Lipinski definition) is 5. The Labute approximate surface area is 155 Å². The van der Waals surface area contributed by atoms with E-state index in [0.29, 0.717) is 17.9 Å². The summed E-state index contributed by atoms with van der Waals surface area (Å²) in [5.74, 6) is 0.161. The summed E-state index contributed by atoms with van der Waals surface area (Å²) in [5.41, 5.74) is 0.792. The second-order valence-electron chi connectivity index (χ2n) is 5.44. The van der Waals surface area contributed by atoms with Gasteiger partial charge in [-0.15, -0.1) is 15.7 Å². The van der Waals surface area contributed by atoms with E-state index in [4.69, 9.17) is 4.74 Å². The molecule has 0 spiro atoms. The molecule has 1 aliphatic heterocycles. The normalized spacial score (nSPS) is 15.8. The average molecular weight is 391 g/mol. The topological polar surface area (TPSA) is 88.1 Å². The summed E-state index contributed by atoms with van der Waals surface area (Å²) < 4.78 is 34.4. The smallest absolute Gasteiger partial charge is 0.345 e. The molecule has 2 heterocycles. The van der Waals surface area contributed by atoms with Gasteiger partial charge in [0, 0.05) is 17.5 Å². The number of carbonyl (C=O) groups excluding carboxylic acids is 1. The fourth-order valence-corrected chi connectivity index (χ4v) is 3.89. The van der Waals surface area contributed by atoms with Crippen LogP contribution in [0.5, 0.6) is 5.75 Å². The highest BCUT2D eigenvalue weighted by Gasteiger charge is 2.29. The monoisotopic (exact) mass is 391 g/mol. The van der Waals surface area contributed by atoms with Gasteiger partial charge in [0.15, 0.2) is 0 Å². The van der Waals surface area contributed by atoms with Crippen molar-refractivity contribution in [3.05, 3.63) is 64.0 Å². The van der Waals surface area contributed by atoms with E-state index in [9.17, 15) is 13.2 Å². The van der Waals surface area contributed by atoms with E-state index in [-0.39, 0.29) is 11.4 Å². The van der Waals surface area contributed by atoms with Crippen molar-refractivity contribution >= 4 is 33.2 Å². The molecule has 3 rings (SSSR count). The summed E-state index contributed by atoms with van der Waals surface area (Å²) in [6.45, 7) is 0.330. The van der Waals surface area contributed by atoms with Crippen LogP contribution in [0.4, 0.5) is 0 Å². The molecule has 0 unspecified atom stereocenters. The number of methoxy groups -OCH3 is 1. The maximum absolute atomic E-state index is 12.5. The molecule has 1 aromatic carbocycles.